The zero-order chi connectivity index (χ0) is 35.2. The molecule has 0 aliphatic carbocycles. The average Bonchev–Trinajstić information content (AvgIpc) is 3.58. The van der Waals surface area contributed by atoms with E-state index < -0.39 is 29.8 Å². The second kappa shape index (κ2) is 14.4. The van der Waals surface area contributed by atoms with Crippen LogP contribution in [0.1, 0.15) is 42.4 Å². The molecule has 2 atom stereocenters. The summed E-state index contributed by atoms with van der Waals surface area (Å²) in [6, 6.07) is 2.56. The maximum Gasteiger partial charge on any atom is 0.418 e. The van der Waals surface area contributed by atoms with Gasteiger partial charge in [-0.2, -0.15) is 13.2 Å². The number of nitrogens with one attached hydrogen (secondary N) is 2. The number of likely N-dealkylation sites (tertiary alicyclic amines) is 1. The van der Waals surface area contributed by atoms with E-state index in [2.05, 4.69) is 20.4 Å². The molecule has 2 N–H and O–H groups in total. The van der Waals surface area contributed by atoms with Crippen LogP contribution in [0, 0.1) is 5.92 Å². The second-order valence-electron chi connectivity index (χ2n) is 14.0. The number of hydrogen-bond acceptors (Lipinski definition) is 8. The number of benzene rings is 1. The Kier molecular flexibility index (Phi) is 10.1. The predicted molar refractivity (Wildman–Crippen MR) is 185 cm³/mol. The van der Waals surface area contributed by atoms with E-state index >= 15 is 0 Å². The van der Waals surface area contributed by atoms with Crippen LogP contribution < -0.4 is 10.6 Å². The van der Waals surface area contributed by atoms with E-state index in [1.165, 1.54) is 42.2 Å². The third kappa shape index (κ3) is 7.24. The van der Waals surface area contributed by atoms with E-state index in [-0.39, 0.29) is 34.8 Å². The van der Waals surface area contributed by atoms with Crippen LogP contribution in [0.2, 0.25) is 5.02 Å². The van der Waals surface area contributed by atoms with Crippen molar-refractivity contribution in [3.63, 3.8) is 0 Å². The van der Waals surface area contributed by atoms with E-state index in [1.807, 2.05) is 10.8 Å². The molecule has 0 saturated carbocycles. The van der Waals surface area contributed by atoms with E-state index in [4.69, 9.17) is 16.3 Å². The lowest BCUT2D eigenvalue weighted by Gasteiger charge is -2.51. The zero-order valence-electron chi connectivity index (χ0n) is 28.0. The van der Waals surface area contributed by atoms with Crippen molar-refractivity contribution < 1.29 is 32.3 Å². The fourth-order valence-corrected chi connectivity index (χ4v) is 9.44. The first kappa shape index (κ1) is 35.1. The number of carbonyl (C=O) groups excluding carboxylic acids is 3. The SMILES string of the molecule is CNc1c(Cl)cc(C[C@@H](OC(=O)N2CCC(N3Cc4cscc4NC3=O)CC2)C(=O)N2CCN(C3CN4CCC3CC4)CC2)cc1C(F)(F)F. The minimum atomic E-state index is -4.69. The van der Waals surface area contributed by atoms with Crippen molar-refractivity contribution in [1.82, 2.24) is 24.5 Å². The van der Waals surface area contributed by atoms with Crippen LogP contribution in [-0.2, 0) is 28.7 Å². The minimum Gasteiger partial charge on any atom is -0.436 e. The van der Waals surface area contributed by atoms with Crippen molar-refractivity contribution in [2.24, 2.45) is 5.92 Å². The van der Waals surface area contributed by atoms with Crippen LogP contribution in [0.4, 0.5) is 34.1 Å². The Balaban J connectivity index is 1.04. The monoisotopic (exact) mass is 737 g/mol. The van der Waals surface area contributed by atoms with Crippen LogP contribution in [0.5, 0.6) is 0 Å². The highest BCUT2D eigenvalue weighted by Gasteiger charge is 2.41. The molecule has 16 heteroatoms. The van der Waals surface area contributed by atoms with Gasteiger partial charge in [-0.15, -0.1) is 11.3 Å². The van der Waals surface area contributed by atoms with Crippen LogP contribution in [0.3, 0.4) is 0 Å². The van der Waals surface area contributed by atoms with Crippen LogP contribution in [0.25, 0.3) is 0 Å². The number of thiophene rings is 1. The third-order valence-electron chi connectivity index (χ3n) is 11.1. The first-order valence-electron chi connectivity index (χ1n) is 17.4. The largest absolute Gasteiger partial charge is 0.436 e. The molecule has 1 unspecified atom stereocenters. The van der Waals surface area contributed by atoms with Crippen LogP contribution in [-0.4, -0.2) is 127 Å². The number of piperidine rings is 4. The molecule has 2 bridgehead atoms. The number of hydrogen-bond donors (Lipinski definition) is 2. The Labute approximate surface area is 298 Å². The van der Waals surface area contributed by atoms with Gasteiger partial charge in [-0.1, -0.05) is 11.6 Å². The smallest absolute Gasteiger partial charge is 0.418 e. The molecule has 50 heavy (non-hydrogen) atoms. The quantitative estimate of drug-likeness (QED) is 0.400. The number of amides is 4. The number of rotatable bonds is 7. The summed E-state index contributed by atoms with van der Waals surface area (Å²) in [5.74, 6) is 0.228. The summed E-state index contributed by atoms with van der Waals surface area (Å²) in [7, 11) is 1.36. The van der Waals surface area contributed by atoms with Gasteiger partial charge >= 0.3 is 18.3 Å². The molecule has 11 nitrogen and oxygen atoms in total. The maximum absolute atomic E-state index is 14.1. The van der Waals surface area contributed by atoms with Crippen LogP contribution >= 0.6 is 22.9 Å². The maximum atomic E-state index is 14.1. The van der Waals surface area contributed by atoms with Gasteiger partial charge in [-0.3, -0.25) is 9.69 Å². The molecule has 1 aromatic carbocycles. The van der Waals surface area contributed by atoms with Gasteiger partial charge in [-0.05, 0) is 67.8 Å². The average molecular weight is 738 g/mol. The van der Waals surface area contributed by atoms with Gasteiger partial charge in [0.25, 0.3) is 5.91 Å². The van der Waals surface area contributed by atoms with Gasteiger partial charge in [-0.25, -0.2) is 9.59 Å². The van der Waals surface area contributed by atoms with Crippen LogP contribution in [0.15, 0.2) is 22.9 Å². The number of urea groups is 1. The van der Waals surface area contributed by atoms with E-state index in [1.54, 1.807) is 9.80 Å². The lowest BCUT2D eigenvalue weighted by molar-refractivity contribution is -0.143. The van der Waals surface area contributed by atoms with Gasteiger partial charge in [0.15, 0.2) is 6.10 Å². The summed E-state index contributed by atoms with van der Waals surface area (Å²) in [5, 5.41) is 9.23. The number of halogens is 4. The normalized spacial score (nSPS) is 25.3. The molecule has 2 aromatic rings. The van der Waals surface area contributed by atoms with E-state index in [9.17, 15) is 27.6 Å². The summed E-state index contributed by atoms with van der Waals surface area (Å²) in [6.45, 7) is 6.70. The number of carbonyl (C=O) groups is 3. The van der Waals surface area contributed by atoms with E-state index in [0.717, 1.165) is 37.0 Å². The van der Waals surface area contributed by atoms with Crippen molar-refractivity contribution in [3.8, 4) is 0 Å². The number of anilines is 2. The fraction of sp³-hybridized carbons (Fsp3) is 0.618. The molecule has 6 aliphatic heterocycles. The Morgan fingerprint density at radius 1 is 1.02 bits per heavy atom. The fourth-order valence-electron chi connectivity index (χ4n) is 8.33. The molecule has 5 saturated heterocycles. The summed E-state index contributed by atoms with van der Waals surface area (Å²) in [6.07, 6.45) is -3.57. The number of ether oxygens (including phenoxy) is 1. The first-order valence-corrected chi connectivity index (χ1v) is 18.7. The Bertz CT molecular complexity index is 1590. The highest BCUT2D eigenvalue weighted by atomic mass is 35.5. The molecule has 8 rings (SSSR count). The Hall–Kier alpha value is -3.27. The number of piperazine rings is 1. The van der Waals surface area contributed by atoms with Gasteiger partial charge in [0, 0.05) is 82.3 Å². The van der Waals surface area contributed by atoms with Gasteiger partial charge in [0.1, 0.15) is 0 Å². The molecule has 272 valence electrons. The second-order valence-corrected chi connectivity index (χ2v) is 15.1. The van der Waals surface area contributed by atoms with E-state index in [0.29, 0.717) is 70.6 Å². The van der Waals surface area contributed by atoms with Crippen molar-refractivity contribution in [1.29, 1.82) is 0 Å². The Morgan fingerprint density at radius 2 is 1.74 bits per heavy atom. The summed E-state index contributed by atoms with van der Waals surface area (Å²) >= 11 is 7.82. The Morgan fingerprint density at radius 3 is 2.38 bits per heavy atom. The standard InChI is InChI=1S/C34H43ClF3N7O4S/c1-39-30-25(34(36,37)38)14-21(15-26(30)35)16-29(31(46)43-12-10-42(11-13-43)28-18-41-6-2-22(28)3-7-41)49-33(48)44-8-4-24(5-9-44)45-17-23-19-50-20-27(23)40-32(45)47/h14-15,19-20,22,24,28-29,39H,2-13,16-18H2,1H3,(H,40,47)/t28?,29-/m1/s1. The lowest BCUT2D eigenvalue weighted by Crippen LogP contribution is -2.62. The predicted octanol–water partition coefficient (Wildman–Crippen LogP) is 5.26. The zero-order valence-corrected chi connectivity index (χ0v) is 29.6. The first-order chi connectivity index (χ1) is 24.0. The van der Waals surface area contributed by atoms with Gasteiger partial charge in [0.2, 0.25) is 0 Å². The lowest BCUT2D eigenvalue weighted by atomic mass is 9.83. The molecule has 5 fully saturated rings. The molecule has 6 aliphatic rings. The molecule has 4 amide bonds. The molecule has 1 aromatic heterocycles. The molecule has 0 radical (unpaired) electrons. The van der Waals surface area contributed by atoms with Gasteiger partial charge in [0.05, 0.1) is 28.5 Å². The van der Waals surface area contributed by atoms with Crippen molar-refractivity contribution in [2.45, 2.75) is 63.0 Å². The topological polar surface area (TPSA) is 101 Å². The molecule has 0 spiro atoms. The number of nitrogens with zero attached hydrogens (tertiary/aromatic N) is 5. The van der Waals surface area contributed by atoms with Crippen molar-refractivity contribution in [3.05, 3.63) is 44.6 Å². The highest BCUT2D eigenvalue weighted by molar-refractivity contribution is 7.08. The molecular weight excluding hydrogens is 695 g/mol. The molecular formula is C34H43ClF3N7O4S. The molecule has 7 heterocycles. The summed E-state index contributed by atoms with van der Waals surface area (Å²) in [5.41, 5.74) is 0.814. The third-order valence-corrected chi connectivity index (χ3v) is 12.2. The summed E-state index contributed by atoms with van der Waals surface area (Å²) < 4.78 is 48.0. The summed E-state index contributed by atoms with van der Waals surface area (Å²) in [4.78, 5) is 50.4. The van der Waals surface area contributed by atoms with Gasteiger partial charge < -0.3 is 35.0 Å². The number of fused-ring (bicyclic) bond motifs is 4. The highest BCUT2D eigenvalue weighted by Crippen LogP contribution is 2.40. The minimum absolute atomic E-state index is 0.0781. The van der Waals surface area contributed by atoms with Crippen molar-refractivity contribution in [2.75, 3.05) is 76.6 Å². The number of alkyl halides is 3. The van der Waals surface area contributed by atoms with Crippen molar-refractivity contribution >= 4 is 52.3 Å².